The maximum Gasteiger partial charge on any atom is 0.277 e. The highest BCUT2D eigenvalue weighted by Crippen LogP contribution is 2.36. The van der Waals surface area contributed by atoms with Gasteiger partial charge in [0.1, 0.15) is 10.7 Å². The minimum atomic E-state index is -0.422. The van der Waals surface area contributed by atoms with Crippen LogP contribution < -0.4 is 5.73 Å². The van der Waals surface area contributed by atoms with Crippen molar-refractivity contribution in [1.82, 2.24) is 15.1 Å². The lowest BCUT2D eigenvalue weighted by Crippen LogP contribution is -2.34. The van der Waals surface area contributed by atoms with Crippen molar-refractivity contribution in [2.24, 2.45) is 5.73 Å². The first-order valence-corrected chi connectivity index (χ1v) is 8.63. The summed E-state index contributed by atoms with van der Waals surface area (Å²) in [4.78, 5) is 10.2. The van der Waals surface area contributed by atoms with Crippen LogP contribution in [0.25, 0.3) is 21.5 Å². The molecule has 0 atom stereocenters. The van der Waals surface area contributed by atoms with Gasteiger partial charge in [-0.3, -0.25) is 0 Å². The standard InChI is InChI=1S/C14H14N4OS2.ClH/c15-14(5-1-2-6-14)13-17-11(19-18-13)9-8-21-12(16-9)10-4-3-7-20-10;/h3-4,7-8H,1-2,5-6,15H2;1H. The molecule has 1 saturated carbocycles. The molecule has 3 aromatic heterocycles. The summed E-state index contributed by atoms with van der Waals surface area (Å²) in [6.45, 7) is 0. The van der Waals surface area contributed by atoms with Crippen molar-refractivity contribution in [2.45, 2.75) is 31.2 Å². The highest BCUT2D eigenvalue weighted by Gasteiger charge is 2.36. The van der Waals surface area contributed by atoms with Gasteiger partial charge in [-0.2, -0.15) is 4.98 Å². The molecule has 116 valence electrons. The Hall–Kier alpha value is -1.28. The lowest BCUT2D eigenvalue weighted by atomic mass is 9.99. The first-order valence-electron chi connectivity index (χ1n) is 6.87. The summed E-state index contributed by atoms with van der Waals surface area (Å²) < 4.78 is 5.37. The van der Waals surface area contributed by atoms with Crippen LogP contribution in [-0.4, -0.2) is 15.1 Å². The molecule has 0 unspecified atom stereocenters. The third-order valence-electron chi connectivity index (χ3n) is 3.82. The fourth-order valence-corrected chi connectivity index (χ4v) is 4.25. The zero-order valence-corrected chi connectivity index (χ0v) is 14.1. The minimum Gasteiger partial charge on any atom is -0.332 e. The number of thiophene rings is 1. The average Bonchev–Trinajstić information content (AvgIpc) is 3.25. The molecule has 3 aromatic rings. The first-order chi connectivity index (χ1) is 10.2. The van der Waals surface area contributed by atoms with Gasteiger partial charge < -0.3 is 10.3 Å². The monoisotopic (exact) mass is 354 g/mol. The second kappa shape index (κ2) is 6.08. The molecule has 0 saturated heterocycles. The van der Waals surface area contributed by atoms with Crippen molar-refractivity contribution in [1.29, 1.82) is 0 Å². The SMILES string of the molecule is Cl.NC1(c2noc(-c3csc(-c4cccs4)n3)n2)CCCC1. The lowest BCUT2D eigenvalue weighted by Gasteiger charge is -2.17. The van der Waals surface area contributed by atoms with E-state index in [1.54, 1.807) is 22.7 Å². The fraction of sp³-hybridized carbons (Fsp3) is 0.357. The topological polar surface area (TPSA) is 77.8 Å². The number of rotatable bonds is 3. The van der Waals surface area contributed by atoms with Crippen LogP contribution in [0.15, 0.2) is 27.4 Å². The second-order valence-electron chi connectivity index (χ2n) is 5.30. The third kappa shape index (κ3) is 2.69. The van der Waals surface area contributed by atoms with Gasteiger partial charge in [0.2, 0.25) is 0 Å². The van der Waals surface area contributed by atoms with E-state index in [0.29, 0.717) is 11.7 Å². The Labute approximate surface area is 142 Å². The lowest BCUT2D eigenvalue weighted by molar-refractivity contribution is 0.372. The predicted octanol–water partition coefficient (Wildman–Crippen LogP) is 4.07. The summed E-state index contributed by atoms with van der Waals surface area (Å²) in [5.41, 5.74) is 6.66. The number of thiazole rings is 1. The summed E-state index contributed by atoms with van der Waals surface area (Å²) in [6, 6.07) is 4.07. The van der Waals surface area contributed by atoms with E-state index < -0.39 is 5.54 Å². The molecule has 0 radical (unpaired) electrons. The number of nitrogens with two attached hydrogens (primary N) is 1. The zero-order chi connectivity index (χ0) is 14.3. The van der Waals surface area contributed by atoms with Crippen LogP contribution in [-0.2, 0) is 5.54 Å². The van der Waals surface area contributed by atoms with E-state index >= 15 is 0 Å². The number of nitrogens with zero attached hydrogens (tertiary/aromatic N) is 3. The highest BCUT2D eigenvalue weighted by molar-refractivity contribution is 7.20. The van der Waals surface area contributed by atoms with Gasteiger partial charge in [0.15, 0.2) is 5.82 Å². The molecule has 22 heavy (non-hydrogen) atoms. The fourth-order valence-electron chi connectivity index (χ4n) is 2.64. The Morgan fingerprint density at radius 2 is 2.00 bits per heavy atom. The van der Waals surface area contributed by atoms with E-state index in [0.717, 1.165) is 41.3 Å². The Morgan fingerprint density at radius 1 is 1.18 bits per heavy atom. The number of halogens is 1. The van der Waals surface area contributed by atoms with Gasteiger partial charge in [-0.1, -0.05) is 24.1 Å². The Morgan fingerprint density at radius 3 is 2.73 bits per heavy atom. The molecule has 0 bridgehead atoms. The average molecular weight is 355 g/mol. The molecular weight excluding hydrogens is 340 g/mol. The van der Waals surface area contributed by atoms with Crippen LogP contribution in [0.4, 0.5) is 0 Å². The second-order valence-corrected chi connectivity index (χ2v) is 7.11. The molecule has 1 aliphatic rings. The minimum absolute atomic E-state index is 0. The van der Waals surface area contributed by atoms with E-state index in [-0.39, 0.29) is 12.4 Å². The summed E-state index contributed by atoms with van der Waals surface area (Å²) in [6.07, 6.45) is 4.09. The largest absolute Gasteiger partial charge is 0.332 e. The van der Waals surface area contributed by atoms with E-state index in [1.807, 2.05) is 16.8 Å². The van der Waals surface area contributed by atoms with Gasteiger partial charge in [0.25, 0.3) is 5.89 Å². The third-order valence-corrected chi connectivity index (χ3v) is 5.70. The van der Waals surface area contributed by atoms with Gasteiger partial charge in [0.05, 0.1) is 10.4 Å². The molecular formula is C14H15ClN4OS2. The molecule has 5 nitrogen and oxygen atoms in total. The number of hydrogen-bond acceptors (Lipinski definition) is 7. The smallest absolute Gasteiger partial charge is 0.277 e. The van der Waals surface area contributed by atoms with E-state index in [1.165, 1.54) is 0 Å². The molecule has 1 fully saturated rings. The summed E-state index contributed by atoms with van der Waals surface area (Å²) in [7, 11) is 0. The van der Waals surface area contributed by atoms with Crippen LogP contribution in [0, 0.1) is 0 Å². The predicted molar refractivity (Wildman–Crippen MR) is 90.3 cm³/mol. The van der Waals surface area contributed by atoms with Crippen molar-refractivity contribution in [3.8, 4) is 21.5 Å². The molecule has 1 aliphatic carbocycles. The molecule has 8 heteroatoms. The zero-order valence-electron chi connectivity index (χ0n) is 11.7. The van der Waals surface area contributed by atoms with E-state index in [9.17, 15) is 0 Å². The molecule has 4 rings (SSSR count). The van der Waals surface area contributed by atoms with Crippen LogP contribution in [0.2, 0.25) is 0 Å². The summed E-state index contributed by atoms with van der Waals surface area (Å²) >= 11 is 3.25. The number of hydrogen-bond donors (Lipinski definition) is 1. The normalized spacial score (nSPS) is 16.6. The molecule has 2 N–H and O–H groups in total. The Kier molecular flexibility index (Phi) is 4.31. The first kappa shape index (κ1) is 15.6. The van der Waals surface area contributed by atoms with Gasteiger partial charge >= 0.3 is 0 Å². The van der Waals surface area contributed by atoms with Crippen LogP contribution in [0.5, 0.6) is 0 Å². The van der Waals surface area contributed by atoms with Crippen molar-refractivity contribution in [2.75, 3.05) is 0 Å². The van der Waals surface area contributed by atoms with Gasteiger partial charge in [-0.25, -0.2) is 4.98 Å². The molecule has 0 aromatic carbocycles. The molecule has 0 amide bonds. The van der Waals surface area contributed by atoms with Crippen molar-refractivity contribution < 1.29 is 4.52 Å². The van der Waals surface area contributed by atoms with Crippen LogP contribution in [0.3, 0.4) is 0 Å². The number of aromatic nitrogens is 3. The van der Waals surface area contributed by atoms with Gasteiger partial charge in [-0.15, -0.1) is 35.1 Å². The van der Waals surface area contributed by atoms with Crippen LogP contribution in [0.1, 0.15) is 31.5 Å². The molecule has 0 spiro atoms. The Bertz CT molecular complexity index is 747. The molecule has 0 aliphatic heterocycles. The van der Waals surface area contributed by atoms with Crippen LogP contribution >= 0.6 is 35.1 Å². The van der Waals surface area contributed by atoms with Gasteiger partial charge in [0, 0.05) is 5.38 Å². The van der Waals surface area contributed by atoms with Crippen molar-refractivity contribution in [3.05, 3.63) is 28.7 Å². The van der Waals surface area contributed by atoms with Crippen molar-refractivity contribution >= 4 is 35.1 Å². The maximum absolute atomic E-state index is 6.35. The van der Waals surface area contributed by atoms with E-state index in [4.69, 9.17) is 10.3 Å². The maximum atomic E-state index is 6.35. The molecule has 3 heterocycles. The summed E-state index contributed by atoms with van der Waals surface area (Å²) in [5, 5.41) is 9.04. The summed E-state index contributed by atoms with van der Waals surface area (Å²) in [5.74, 6) is 1.07. The Balaban J connectivity index is 0.00000144. The highest BCUT2D eigenvalue weighted by atomic mass is 35.5. The van der Waals surface area contributed by atoms with Crippen molar-refractivity contribution in [3.63, 3.8) is 0 Å². The van der Waals surface area contributed by atoms with Gasteiger partial charge in [-0.05, 0) is 24.3 Å². The van der Waals surface area contributed by atoms with E-state index in [2.05, 4.69) is 21.2 Å². The quantitative estimate of drug-likeness (QED) is 0.767.